The number of ether oxygens (including phenoxy) is 1. The first kappa shape index (κ1) is 15.7. The number of nitrogens with one attached hydrogen (secondary N) is 1. The Balaban J connectivity index is 2.12. The van der Waals surface area contributed by atoms with Gasteiger partial charge in [-0.05, 0) is 38.5 Å². The van der Waals surface area contributed by atoms with Gasteiger partial charge in [0.25, 0.3) is 0 Å². The van der Waals surface area contributed by atoms with E-state index >= 15 is 0 Å². The zero-order chi connectivity index (χ0) is 15.6. The number of anilines is 2. The molecule has 1 fully saturated rings. The maximum absolute atomic E-state index is 14.1. The molecule has 0 aliphatic carbocycles. The highest BCUT2D eigenvalue weighted by Crippen LogP contribution is 2.24. The molecule has 1 aliphatic heterocycles. The van der Waals surface area contributed by atoms with Crippen molar-refractivity contribution in [3.8, 4) is 0 Å². The van der Waals surface area contributed by atoms with Gasteiger partial charge in [-0.15, -0.1) is 0 Å². The molecule has 1 atom stereocenters. The Hall–Kier alpha value is -1.66. The van der Waals surface area contributed by atoms with Crippen LogP contribution in [0.2, 0.25) is 0 Å². The lowest BCUT2D eigenvalue weighted by Crippen LogP contribution is -2.51. The molecule has 0 saturated carbocycles. The van der Waals surface area contributed by atoms with E-state index in [4.69, 9.17) is 10.5 Å². The zero-order valence-electron chi connectivity index (χ0n) is 12.6. The molecule has 0 aromatic heterocycles. The number of carbonyl (C=O) groups excluding carboxylic acids is 1. The third-order valence-corrected chi connectivity index (χ3v) is 3.86. The molecule has 1 amide bonds. The van der Waals surface area contributed by atoms with Crippen molar-refractivity contribution in [2.45, 2.75) is 31.8 Å². The molecule has 1 aromatic carbocycles. The highest BCUT2D eigenvalue weighted by molar-refractivity contribution is 5.98. The third-order valence-electron chi connectivity index (χ3n) is 3.86. The normalized spacial score (nSPS) is 21.6. The van der Waals surface area contributed by atoms with E-state index in [1.54, 1.807) is 12.1 Å². The summed E-state index contributed by atoms with van der Waals surface area (Å²) in [4.78, 5) is 14.0. The number of nitrogens with zero attached hydrogens (tertiary/aromatic N) is 1. The Morgan fingerprint density at radius 3 is 2.76 bits per heavy atom. The predicted molar refractivity (Wildman–Crippen MR) is 80.9 cm³/mol. The van der Waals surface area contributed by atoms with Gasteiger partial charge in [-0.3, -0.25) is 4.79 Å². The molecule has 21 heavy (non-hydrogen) atoms. The molecule has 0 spiro atoms. The first-order chi connectivity index (χ1) is 9.83. The minimum atomic E-state index is -1.02. The Kier molecular flexibility index (Phi) is 4.49. The van der Waals surface area contributed by atoms with E-state index in [-0.39, 0.29) is 24.4 Å². The van der Waals surface area contributed by atoms with Crippen LogP contribution in [-0.4, -0.2) is 37.7 Å². The van der Waals surface area contributed by atoms with E-state index in [1.807, 2.05) is 25.8 Å². The van der Waals surface area contributed by atoms with E-state index in [1.165, 1.54) is 6.07 Å². The summed E-state index contributed by atoms with van der Waals surface area (Å²) in [5.41, 5.74) is 5.84. The van der Waals surface area contributed by atoms with E-state index in [0.29, 0.717) is 24.4 Å². The summed E-state index contributed by atoms with van der Waals surface area (Å²) >= 11 is 0. The fourth-order valence-corrected chi connectivity index (χ4v) is 2.16. The van der Waals surface area contributed by atoms with Crippen LogP contribution in [0.3, 0.4) is 0 Å². The highest BCUT2D eigenvalue weighted by Gasteiger charge is 2.38. The lowest BCUT2D eigenvalue weighted by molar-refractivity contribution is -0.121. The van der Waals surface area contributed by atoms with Crippen molar-refractivity contribution in [1.82, 2.24) is 0 Å². The highest BCUT2D eigenvalue weighted by atomic mass is 19.1. The molecular formula is C15H22FN3O2. The van der Waals surface area contributed by atoms with Gasteiger partial charge in [0.2, 0.25) is 5.91 Å². The van der Waals surface area contributed by atoms with Crippen LogP contribution in [0, 0.1) is 5.82 Å². The minimum absolute atomic E-state index is 0.183. The number of amides is 1. The van der Waals surface area contributed by atoms with Crippen molar-refractivity contribution < 1.29 is 13.9 Å². The summed E-state index contributed by atoms with van der Waals surface area (Å²) in [5, 5.41) is 2.66. The van der Waals surface area contributed by atoms with E-state index < -0.39 is 5.54 Å². The quantitative estimate of drug-likeness (QED) is 0.887. The lowest BCUT2D eigenvalue weighted by Gasteiger charge is -2.25. The van der Waals surface area contributed by atoms with Crippen LogP contribution in [0.25, 0.3) is 0 Å². The van der Waals surface area contributed by atoms with Gasteiger partial charge in [0.15, 0.2) is 0 Å². The van der Waals surface area contributed by atoms with Crippen LogP contribution in [-0.2, 0) is 9.53 Å². The van der Waals surface area contributed by atoms with Crippen molar-refractivity contribution in [2.24, 2.45) is 5.73 Å². The zero-order valence-corrected chi connectivity index (χ0v) is 12.6. The average Bonchev–Trinajstić information content (AvgIpc) is 2.86. The lowest BCUT2D eigenvalue weighted by atomic mass is 9.99. The monoisotopic (exact) mass is 295 g/mol. The fourth-order valence-electron chi connectivity index (χ4n) is 2.16. The second-order valence-electron chi connectivity index (χ2n) is 5.78. The first-order valence-electron chi connectivity index (χ1n) is 7.04. The second kappa shape index (κ2) is 5.99. The number of nitrogens with two attached hydrogens (primary N) is 1. The van der Waals surface area contributed by atoms with Crippen LogP contribution in [0.15, 0.2) is 18.2 Å². The molecule has 0 radical (unpaired) electrons. The maximum Gasteiger partial charge on any atom is 0.246 e. The number of halogens is 1. The molecule has 1 aromatic rings. The third kappa shape index (κ3) is 3.33. The minimum Gasteiger partial charge on any atom is -0.379 e. The van der Waals surface area contributed by atoms with Crippen LogP contribution in [0.5, 0.6) is 0 Å². The van der Waals surface area contributed by atoms with Gasteiger partial charge in [0, 0.05) is 25.4 Å². The number of carbonyl (C=O) groups is 1. The van der Waals surface area contributed by atoms with Crippen LogP contribution in [0.1, 0.15) is 20.3 Å². The Bertz CT molecular complexity index is 528. The van der Waals surface area contributed by atoms with Crippen molar-refractivity contribution >= 4 is 17.3 Å². The summed E-state index contributed by atoms with van der Waals surface area (Å²) in [7, 11) is 1.83. The predicted octanol–water partition coefficient (Wildman–Crippen LogP) is 1.73. The number of hydrogen-bond acceptors (Lipinski definition) is 4. The molecule has 1 unspecified atom stereocenters. The number of hydrogen-bond donors (Lipinski definition) is 2. The molecule has 0 bridgehead atoms. The Morgan fingerprint density at radius 2 is 2.24 bits per heavy atom. The Labute approximate surface area is 124 Å². The van der Waals surface area contributed by atoms with E-state index in [2.05, 4.69) is 5.32 Å². The van der Waals surface area contributed by atoms with E-state index in [9.17, 15) is 9.18 Å². The van der Waals surface area contributed by atoms with Gasteiger partial charge in [-0.1, -0.05) is 0 Å². The number of benzene rings is 1. The maximum atomic E-state index is 14.1. The molecule has 3 N–H and O–H groups in total. The smallest absolute Gasteiger partial charge is 0.246 e. The van der Waals surface area contributed by atoms with Crippen LogP contribution in [0.4, 0.5) is 15.8 Å². The summed E-state index contributed by atoms with van der Waals surface area (Å²) in [6, 6.07) is 4.82. The van der Waals surface area contributed by atoms with Gasteiger partial charge in [-0.25, -0.2) is 4.39 Å². The number of rotatable bonds is 4. The molecule has 2 rings (SSSR count). The molecule has 1 aliphatic rings. The van der Waals surface area contributed by atoms with Crippen molar-refractivity contribution in [3.05, 3.63) is 24.0 Å². The van der Waals surface area contributed by atoms with Gasteiger partial charge < -0.3 is 20.7 Å². The molecular weight excluding hydrogens is 273 g/mol. The van der Waals surface area contributed by atoms with Crippen molar-refractivity contribution in [2.75, 3.05) is 30.5 Å². The molecule has 1 saturated heterocycles. The largest absolute Gasteiger partial charge is 0.379 e. The Morgan fingerprint density at radius 1 is 1.52 bits per heavy atom. The SMILES string of the molecule is CC(C)N(C)c1ccc(NC(=O)C2(N)CCOC2)cc1F. The van der Waals surface area contributed by atoms with Gasteiger partial charge in [0.1, 0.15) is 11.4 Å². The summed E-state index contributed by atoms with van der Waals surface area (Å²) in [6.07, 6.45) is 0.468. The van der Waals surface area contributed by atoms with Crippen LogP contribution < -0.4 is 16.0 Å². The molecule has 116 valence electrons. The summed E-state index contributed by atoms with van der Waals surface area (Å²) < 4.78 is 19.3. The summed E-state index contributed by atoms with van der Waals surface area (Å²) in [5.74, 6) is -0.720. The van der Waals surface area contributed by atoms with Crippen molar-refractivity contribution in [1.29, 1.82) is 0 Å². The average molecular weight is 295 g/mol. The van der Waals surface area contributed by atoms with Crippen LogP contribution >= 0.6 is 0 Å². The van der Waals surface area contributed by atoms with Gasteiger partial charge in [-0.2, -0.15) is 0 Å². The molecule has 5 nitrogen and oxygen atoms in total. The second-order valence-corrected chi connectivity index (χ2v) is 5.78. The summed E-state index contributed by atoms with van der Waals surface area (Å²) in [6.45, 7) is 4.62. The van der Waals surface area contributed by atoms with Gasteiger partial charge >= 0.3 is 0 Å². The van der Waals surface area contributed by atoms with E-state index in [0.717, 1.165) is 0 Å². The first-order valence-corrected chi connectivity index (χ1v) is 7.04. The molecule has 6 heteroatoms. The van der Waals surface area contributed by atoms with Gasteiger partial charge in [0.05, 0.1) is 12.3 Å². The topological polar surface area (TPSA) is 67.6 Å². The van der Waals surface area contributed by atoms with Crippen molar-refractivity contribution in [3.63, 3.8) is 0 Å². The molecule has 1 heterocycles. The standard InChI is InChI=1S/C15H22FN3O2/c1-10(2)19(3)13-5-4-11(8-12(13)16)18-14(20)15(17)6-7-21-9-15/h4-5,8,10H,6-7,9,17H2,1-3H3,(H,18,20). The fraction of sp³-hybridized carbons (Fsp3) is 0.533.